The Balaban J connectivity index is 1.82. The van der Waals surface area contributed by atoms with E-state index in [0.717, 1.165) is 38.0 Å². The highest BCUT2D eigenvalue weighted by Crippen LogP contribution is 2.18. The zero-order chi connectivity index (χ0) is 19.1. The van der Waals surface area contributed by atoms with E-state index in [9.17, 15) is 9.59 Å². The molecule has 0 saturated carbocycles. The molecule has 146 valence electrons. The van der Waals surface area contributed by atoms with Crippen molar-refractivity contribution in [2.75, 3.05) is 26.2 Å². The Kier molecular flexibility index (Phi) is 7.48. The summed E-state index contributed by atoms with van der Waals surface area (Å²) in [5.74, 6) is 0.573. The summed E-state index contributed by atoms with van der Waals surface area (Å²) in [5.41, 5.74) is 1.04. The lowest BCUT2D eigenvalue weighted by atomic mass is 9.97. The van der Waals surface area contributed by atoms with Crippen LogP contribution in [0.3, 0.4) is 0 Å². The van der Waals surface area contributed by atoms with Gasteiger partial charge in [0.1, 0.15) is 0 Å². The van der Waals surface area contributed by atoms with E-state index in [-0.39, 0.29) is 17.9 Å². The number of rotatable bonds is 7. The number of urea groups is 1. The van der Waals surface area contributed by atoms with E-state index in [4.69, 9.17) is 0 Å². The molecule has 7 heteroatoms. The molecule has 1 aliphatic heterocycles. The molecule has 0 aliphatic carbocycles. The smallest absolute Gasteiger partial charge is 0.317 e. The van der Waals surface area contributed by atoms with Gasteiger partial charge in [-0.15, -0.1) is 0 Å². The molecule has 1 N–H and O–H groups in total. The molecule has 2 rings (SSSR count). The molecule has 0 aromatic carbocycles. The van der Waals surface area contributed by atoms with Crippen molar-refractivity contribution in [2.24, 2.45) is 11.8 Å². The standard InChI is InChI=1S/C19H33N5O2/c1-5-22(13-17-11-21-24(6-2)14-17)19(26)20-10-16-8-7-9-23(12-16)18(25)15(3)4/h11,14-16H,5-10,12-13H2,1-4H3,(H,20,26)/t16-/m1/s1. The highest BCUT2D eigenvalue weighted by Gasteiger charge is 2.25. The largest absolute Gasteiger partial charge is 0.342 e. The maximum absolute atomic E-state index is 12.5. The van der Waals surface area contributed by atoms with Gasteiger partial charge < -0.3 is 15.1 Å². The Morgan fingerprint density at radius 2 is 2.15 bits per heavy atom. The van der Waals surface area contributed by atoms with Crippen LogP contribution >= 0.6 is 0 Å². The zero-order valence-electron chi connectivity index (χ0n) is 16.6. The first-order chi connectivity index (χ1) is 12.4. The van der Waals surface area contributed by atoms with Crippen molar-refractivity contribution in [3.8, 4) is 0 Å². The first-order valence-electron chi connectivity index (χ1n) is 9.77. The van der Waals surface area contributed by atoms with Crippen LogP contribution in [-0.4, -0.2) is 57.7 Å². The summed E-state index contributed by atoms with van der Waals surface area (Å²) in [7, 11) is 0. The molecule has 1 aromatic heterocycles. The van der Waals surface area contributed by atoms with Gasteiger partial charge in [0, 0.05) is 50.4 Å². The molecule has 26 heavy (non-hydrogen) atoms. The van der Waals surface area contributed by atoms with Crippen LogP contribution in [0.1, 0.15) is 46.1 Å². The molecular formula is C19H33N5O2. The van der Waals surface area contributed by atoms with Crippen LogP contribution in [0.5, 0.6) is 0 Å². The van der Waals surface area contributed by atoms with E-state index in [1.807, 2.05) is 49.7 Å². The lowest BCUT2D eigenvalue weighted by Crippen LogP contribution is -2.47. The van der Waals surface area contributed by atoms with Crippen molar-refractivity contribution in [1.29, 1.82) is 0 Å². The van der Waals surface area contributed by atoms with Gasteiger partial charge in [-0.2, -0.15) is 5.10 Å². The molecule has 1 saturated heterocycles. The summed E-state index contributed by atoms with van der Waals surface area (Å²) in [6.45, 7) is 12.1. The summed E-state index contributed by atoms with van der Waals surface area (Å²) < 4.78 is 1.86. The summed E-state index contributed by atoms with van der Waals surface area (Å²) in [5, 5.41) is 7.32. The summed E-state index contributed by atoms with van der Waals surface area (Å²) in [6, 6.07) is -0.0518. The van der Waals surface area contributed by atoms with Crippen LogP contribution in [0.25, 0.3) is 0 Å². The SMILES string of the molecule is CCN(Cc1cnn(CC)c1)C(=O)NC[C@H]1CCCN(C(=O)C(C)C)C1. The van der Waals surface area contributed by atoms with Gasteiger partial charge in [-0.05, 0) is 32.6 Å². The normalized spacial score (nSPS) is 17.4. The lowest BCUT2D eigenvalue weighted by Gasteiger charge is -2.34. The molecule has 1 aromatic rings. The second-order valence-corrected chi connectivity index (χ2v) is 7.35. The number of aryl methyl sites for hydroxylation is 1. The number of likely N-dealkylation sites (tertiary alicyclic amines) is 1. The number of hydrogen-bond donors (Lipinski definition) is 1. The predicted octanol–water partition coefficient (Wildman–Crippen LogP) is 2.33. The van der Waals surface area contributed by atoms with Gasteiger partial charge in [-0.25, -0.2) is 4.79 Å². The maximum Gasteiger partial charge on any atom is 0.317 e. The molecule has 0 spiro atoms. The number of hydrogen-bond acceptors (Lipinski definition) is 3. The minimum absolute atomic E-state index is 0.0305. The highest BCUT2D eigenvalue weighted by molar-refractivity contribution is 5.78. The van der Waals surface area contributed by atoms with E-state index in [1.54, 1.807) is 4.90 Å². The molecule has 2 heterocycles. The first-order valence-corrected chi connectivity index (χ1v) is 9.77. The molecular weight excluding hydrogens is 330 g/mol. The second kappa shape index (κ2) is 9.59. The van der Waals surface area contributed by atoms with Gasteiger partial charge in [0.25, 0.3) is 0 Å². The number of piperidine rings is 1. The third kappa shape index (κ3) is 5.47. The Morgan fingerprint density at radius 3 is 2.77 bits per heavy atom. The average molecular weight is 364 g/mol. The molecule has 7 nitrogen and oxygen atoms in total. The molecule has 1 atom stereocenters. The third-order valence-electron chi connectivity index (χ3n) is 4.92. The fourth-order valence-corrected chi connectivity index (χ4v) is 3.35. The van der Waals surface area contributed by atoms with Crippen molar-refractivity contribution in [3.05, 3.63) is 18.0 Å². The van der Waals surface area contributed by atoms with E-state index >= 15 is 0 Å². The summed E-state index contributed by atoms with van der Waals surface area (Å²) in [6.07, 6.45) is 5.85. The molecule has 1 fully saturated rings. The summed E-state index contributed by atoms with van der Waals surface area (Å²) >= 11 is 0. The molecule has 0 radical (unpaired) electrons. The molecule has 0 unspecified atom stereocenters. The summed E-state index contributed by atoms with van der Waals surface area (Å²) in [4.78, 5) is 28.5. The topological polar surface area (TPSA) is 70.5 Å². The zero-order valence-corrected chi connectivity index (χ0v) is 16.6. The van der Waals surface area contributed by atoms with Crippen molar-refractivity contribution in [3.63, 3.8) is 0 Å². The third-order valence-corrected chi connectivity index (χ3v) is 4.92. The quantitative estimate of drug-likeness (QED) is 0.808. The number of nitrogens with zero attached hydrogens (tertiary/aromatic N) is 4. The Labute approximate surface area is 156 Å². The van der Waals surface area contributed by atoms with Crippen molar-refractivity contribution in [2.45, 2.75) is 53.6 Å². The fraction of sp³-hybridized carbons (Fsp3) is 0.737. The monoisotopic (exact) mass is 363 g/mol. The van der Waals surface area contributed by atoms with Gasteiger partial charge in [-0.3, -0.25) is 9.48 Å². The number of carbonyl (C=O) groups excluding carboxylic acids is 2. The number of carbonyl (C=O) groups is 2. The van der Waals surface area contributed by atoms with Crippen molar-refractivity contribution in [1.82, 2.24) is 24.9 Å². The molecule has 0 bridgehead atoms. The Hall–Kier alpha value is -2.05. The molecule has 1 aliphatic rings. The lowest BCUT2D eigenvalue weighted by molar-refractivity contribution is -0.136. The van der Waals surface area contributed by atoms with Gasteiger partial charge in [-0.1, -0.05) is 13.8 Å². The number of nitrogens with one attached hydrogen (secondary N) is 1. The minimum Gasteiger partial charge on any atom is -0.342 e. The van der Waals surface area contributed by atoms with Crippen molar-refractivity contribution < 1.29 is 9.59 Å². The predicted molar refractivity (Wildman–Crippen MR) is 102 cm³/mol. The second-order valence-electron chi connectivity index (χ2n) is 7.35. The van der Waals surface area contributed by atoms with Crippen LogP contribution < -0.4 is 5.32 Å². The van der Waals surface area contributed by atoms with E-state index in [0.29, 0.717) is 25.6 Å². The number of amides is 3. The average Bonchev–Trinajstić information content (AvgIpc) is 3.11. The maximum atomic E-state index is 12.5. The molecule has 3 amide bonds. The van der Waals surface area contributed by atoms with Gasteiger partial charge >= 0.3 is 6.03 Å². The van der Waals surface area contributed by atoms with E-state index in [1.165, 1.54) is 0 Å². The van der Waals surface area contributed by atoms with Gasteiger partial charge in [0.05, 0.1) is 12.7 Å². The Morgan fingerprint density at radius 1 is 1.38 bits per heavy atom. The van der Waals surface area contributed by atoms with Crippen LogP contribution in [0.2, 0.25) is 0 Å². The van der Waals surface area contributed by atoms with Crippen LogP contribution in [0, 0.1) is 11.8 Å². The number of aromatic nitrogens is 2. The fourth-order valence-electron chi connectivity index (χ4n) is 3.35. The van der Waals surface area contributed by atoms with Gasteiger partial charge in [0.15, 0.2) is 0 Å². The van der Waals surface area contributed by atoms with Crippen LogP contribution in [-0.2, 0) is 17.9 Å². The van der Waals surface area contributed by atoms with Crippen molar-refractivity contribution >= 4 is 11.9 Å². The first kappa shape index (κ1) is 20.3. The van der Waals surface area contributed by atoms with Crippen LogP contribution in [0.15, 0.2) is 12.4 Å². The minimum atomic E-state index is -0.0518. The van der Waals surface area contributed by atoms with Gasteiger partial charge in [0.2, 0.25) is 5.91 Å². The Bertz CT molecular complexity index is 599. The van der Waals surface area contributed by atoms with Crippen LogP contribution in [0.4, 0.5) is 4.79 Å². The van der Waals surface area contributed by atoms with E-state index < -0.39 is 0 Å². The van der Waals surface area contributed by atoms with E-state index in [2.05, 4.69) is 10.4 Å². The highest BCUT2D eigenvalue weighted by atomic mass is 16.2.